The van der Waals surface area contributed by atoms with Gasteiger partial charge in [0.05, 0.1) is 4.92 Å². The predicted octanol–water partition coefficient (Wildman–Crippen LogP) is 1.51. The van der Waals surface area contributed by atoms with Crippen LogP contribution in [0.5, 0.6) is 0 Å². The maximum Gasteiger partial charge on any atom is 0.270 e. The van der Waals surface area contributed by atoms with Gasteiger partial charge in [-0.25, -0.2) is 0 Å². The number of nitro groups is 1. The maximum atomic E-state index is 11.9. The number of carbonyl (C=O) groups is 2. The summed E-state index contributed by atoms with van der Waals surface area (Å²) >= 11 is 0. The molecule has 1 aromatic carbocycles. The van der Waals surface area contributed by atoms with Gasteiger partial charge in [-0.1, -0.05) is 6.92 Å². The van der Waals surface area contributed by atoms with Gasteiger partial charge in [-0.05, 0) is 19.4 Å². The minimum atomic E-state index is -0.531. The molecule has 1 amide bonds. The summed E-state index contributed by atoms with van der Waals surface area (Å²) in [5.41, 5.74) is 0.727. The van der Waals surface area contributed by atoms with E-state index in [1.807, 2.05) is 11.8 Å². The molecule has 1 atom stereocenters. The first-order chi connectivity index (χ1) is 9.95. The van der Waals surface area contributed by atoms with Crippen molar-refractivity contribution < 1.29 is 14.5 Å². The van der Waals surface area contributed by atoms with E-state index < -0.39 is 4.92 Å². The highest BCUT2D eigenvalue weighted by molar-refractivity contribution is 6.01. The van der Waals surface area contributed by atoms with E-state index in [2.05, 4.69) is 5.32 Å². The highest BCUT2D eigenvalue weighted by Gasteiger charge is 2.30. The molecule has 0 aliphatic carbocycles. The van der Waals surface area contributed by atoms with Crippen LogP contribution in [0.2, 0.25) is 0 Å². The molecule has 0 bridgehead atoms. The van der Waals surface area contributed by atoms with E-state index in [1.54, 1.807) is 6.07 Å². The van der Waals surface area contributed by atoms with Crippen molar-refractivity contribution in [2.75, 3.05) is 18.0 Å². The van der Waals surface area contributed by atoms with E-state index in [-0.39, 0.29) is 29.0 Å². The van der Waals surface area contributed by atoms with Crippen molar-refractivity contribution in [3.8, 4) is 0 Å². The lowest BCUT2D eigenvalue weighted by Crippen LogP contribution is -2.55. The second-order valence-corrected chi connectivity index (χ2v) is 4.92. The third-order valence-corrected chi connectivity index (χ3v) is 3.60. The lowest BCUT2D eigenvalue weighted by atomic mass is 10.0. The van der Waals surface area contributed by atoms with Gasteiger partial charge < -0.3 is 10.2 Å². The number of carbonyl (C=O) groups excluding carboxylic acids is 2. The van der Waals surface area contributed by atoms with E-state index in [4.69, 9.17) is 0 Å². The zero-order valence-electron chi connectivity index (χ0n) is 12.0. The topological polar surface area (TPSA) is 92.6 Å². The van der Waals surface area contributed by atoms with Gasteiger partial charge >= 0.3 is 0 Å². The summed E-state index contributed by atoms with van der Waals surface area (Å²) in [5.74, 6) is -0.342. The minimum absolute atomic E-state index is 0.0865. The third kappa shape index (κ3) is 2.86. The standard InChI is InChI=1S/C14H17N3O4/c1-3-12-14(19)15-6-7-16(12)13-5-4-10(17(20)21)8-11(13)9(2)18/h4-5,8,12H,3,6-7H2,1-2H3,(H,15,19). The van der Waals surface area contributed by atoms with Crippen LogP contribution in [0.15, 0.2) is 18.2 Å². The van der Waals surface area contributed by atoms with E-state index in [9.17, 15) is 19.7 Å². The van der Waals surface area contributed by atoms with Gasteiger partial charge in [0.15, 0.2) is 5.78 Å². The number of hydrogen-bond acceptors (Lipinski definition) is 5. The van der Waals surface area contributed by atoms with Crippen molar-refractivity contribution in [2.24, 2.45) is 0 Å². The van der Waals surface area contributed by atoms with Crippen LogP contribution in [0.1, 0.15) is 30.6 Å². The summed E-state index contributed by atoms with van der Waals surface area (Å²) in [6.45, 7) is 4.32. The molecule has 2 rings (SSSR count). The Balaban J connectivity index is 2.49. The normalized spacial score (nSPS) is 18.3. The van der Waals surface area contributed by atoms with Crippen molar-refractivity contribution in [3.05, 3.63) is 33.9 Å². The number of Topliss-reactive ketones (excluding diaryl/α,β-unsaturated/α-hetero) is 1. The van der Waals surface area contributed by atoms with Gasteiger partial charge in [0.1, 0.15) is 6.04 Å². The molecular formula is C14H17N3O4. The summed E-state index contributed by atoms with van der Waals surface area (Å²) in [6.07, 6.45) is 0.597. The summed E-state index contributed by atoms with van der Waals surface area (Å²) in [5, 5.41) is 13.6. The number of benzene rings is 1. The lowest BCUT2D eigenvalue weighted by Gasteiger charge is -2.37. The molecule has 0 radical (unpaired) electrons. The first-order valence-corrected chi connectivity index (χ1v) is 6.79. The smallest absolute Gasteiger partial charge is 0.270 e. The van der Waals surface area contributed by atoms with Crippen LogP contribution in [-0.4, -0.2) is 35.7 Å². The van der Waals surface area contributed by atoms with E-state index in [1.165, 1.54) is 19.1 Å². The quantitative estimate of drug-likeness (QED) is 0.515. The number of nitro benzene ring substituents is 1. The fourth-order valence-corrected chi connectivity index (χ4v) is 2.58. The number of anilines is 1. The lowest BCUT2D eigenvalue weighted by molar-refractivity contribution is -0.384. The highest BCUT2D eigenvalue weighted by Crippen LogP contribution is 2.29. The molecule has 112 valence electrons. The molecule has 1 aliphatic rings. The van der Waals surface area contributed by atoms with Gasteiger partial charge in [0.25, 0.3) is 5.69 Å². The maximum absolute atomic E-state index is 11.9. The molecule has 1 unspecified atom stereocenters. The molecule has 1 aliphatic heterocycles. The first kappa shape index (κ1) is 15.0. The van der Waals surface area contributed by atoms with E-state index in [0.717, 1.165) is 0 Å². The molecule has 21 heavy (non-hydrogen) atoms. The molecule has 7 nitrogen and oxygen atoms in total. The van der Waals surface area contributed by atoms with Gasteiger partial charge in [-0.3, -0.25) is 19.7 Å². The molecule has 1 N–H and O–H groups in total. The number of rotatable bonds is 4. The van der Waals surface area contributed by atoms with Gasteiger partial charge in [0.2, 0.25) is 5.91 Å². The van der Waals surface area contributed by atoms with E-state index >= 15 is 0 Å². The second-order valence-electron chi connectivity index (χ2n) is 4.92. The molecule has 1 aromatic rings. The fraction of sp³-hybridized carbons (Fsp3) is 0.429. The van der Waals surface area contributed by atoms with Crippen molar-refractivity contribution in [3.63, 3.8) is 0 Å². The van der Waals surface area contributed by atoms with Gasteiger partial charge in [0, 0.05) is 36.5 Å². The van der Waals surface area contributed by atoms with Crippen LogP contribution in [0, 0.1) is 10.1 Å². The number of amides is 1. The predicted molar refractivity (Wildman–Crippen MR) is 77.5 cm³/mol. The minimum Gasteiger partial charge on any atom is -0.357 e. The molecule has 0 aromatic heterocycles. The Hall–Kier alpha value is -2.44. The summed E-state index contributed by atoms with van der Waals surface area (Å²) in [7, 11) is 0. The number of non-ortho nitro benzene ring substituents is 1. The highest BCUT2D eigenvalue weighted by atomic mass is 16.6. The van der Waals surface area contributed by atoms with Crippen molar-refractivity contribution in [2.45, 2.75) is 26.3 Å². The Kier molecular flexibility index (Phi) is 4.21. The SMILES string of the molecule is CCC1C(=O)NCCN1c1ccc([N+](=O)[O-])cc1C(C)=O. The molecule has 1 heterocycles. The Bertz CT molecular complexity index is 600. The Morgan fingerprint density at radius 3 is 2.81 bits per heavy atom. The summed E-state index contributed by atoms with van der Waals surface area (Å²) < 4.78 is 0. The van der Waals surface area contributed by atoms with Gasteiger partial charge in [-0.15, -0.1) is 0 Å². The first-order valence-electron chi connectivity index (χ1n) is 6.79. The number of nitrogens with one attached hydrogen (secondary N) is 1. The average Bonchev–Trinajstić information content (AvgIpc) is 2.46. The molecule has 1 saturated heterocycles. The molecule has 1 fully saturated rings. The van der Waals surface area contributed by atoms with Crippen LogP contribution in [-0.2, 0) is 4.79 Å². The Labute approximate surface area is 122 Å². The fourth-order valence-electron chi connectivity index (χ4n) is 2.58. The van der Waals surface area contributed by atoms with Gasteiger partial charge in [-0.2, -0.15) is 0 Å². The van der Waals surface area contributed by atoms with Crippen molar-refractivity contribution in [1.29, 1.82) is 0 Å². The number of nitrogens with zero attached hydrogens (tertiary/aromatic N) is 2. The van der Waals surface area contributed by atoms with Crippen molar-refractivity contribution >= 4 is 23.1 Å². The van der Waals surface area contributed by atoms with Crippen LogP contribution in [0.4, 0.5) is 11.4 Å². The average molecular weight is 291 g/mol. The largest absolute Gasteiger partial charge is 0.357 e. The number of ketones is 1. The zero-order chi connectivity index (χ0) is 15.6. The third-order valence-electron chi connectivity index (χ3n) is 3.60. The molecular weight excluding hydrogens is 274 g/mol. The van der Waals surface area contributed by atoms with Crippen LogP contribution < -0.4 is 10.2 Å². The monoisotopic (exact) mass is 291 g/mol. The Morgan fingerprint density at radius 1 is 1.52 bits per heavy atom. The number of piperazine rings is 1. The summed E-state index contributed by atoms with van der Waals surface area (Å²) in [6, 6.07) is 3.83. The van der Waals surface area contributed by atoms with Crippen LogP contribution >= 0.6 is 0 Å². The summed E-state index contributed by atoms with van der Waals surface area (Å²) in [4.78, 5) is 35.9. The zero-order valence-corrected chi connectivity index (χ0v) is 12.0. The number of hydrogen-bond donors (Lipinski definition) is 1. The molecule has 0 saturated carbocycles. The van der Waals surface area contributed by atoms with Crippen LogP contribution in [0.3, 0.4) is 0 Å². The van der Waals surface area contributed by atoms with Crippen molar-refractivity contribution in [1.82, 2.24) is 5.32 Å². The van der Waals surface area contributed by atoms with Crippen LogP contribution in [0.25, 0.3) is 0 Å². The van der Waals surface area contributed by atoms with E-state index in [0.29, 0.717) is 25.2 Å². The molecule has 7 heteroatoms. The second kappa shape index (κ2) is 5.90. The molecule has 0 spiro atoms. The Morgan fingerprint density at radius 2 is 2.24 bits per heavy atom.